The van der Waals surface area contributed by atoms with E-state index in [-0.39, 0.29) is 13.0 Å². The Hall–Kier alpha value is -0.921. The Labute approximate surface area is 110 Å². The average molecular weight is 321 g/mol. The predicted molar refractivity (Wildman–Crippen MR) is 63.8 cm³/mol. The van der Waals surface area contributed by atoms with Gasteiger partial charge in [0.2, 0.25) is 0 Å². The van der Waals surface area contributed by atoms with Crippen LogP contribution in [-0.2, 0) is 9.36 Å². The molecular formula is C10H14N2O5Se. The molecule has 8 heteroatoms. The Balaban J connectivity index is 2.47. The van der Waals surface area contributed by atoms with E-state index in [0.29, 0.717) is 5.56 Å². The van der Waals surface area contributed by atoms with E-state index < -0.39 is 28.1 Å². The molecule has 0 aromatic carbocycles. The van der Waals surface area contributed by atoms with Crippen LogP contribution in [0.4, 0.5) is 0 Å². The number of hydrogen-bond acceptors (Lipinski definition) is 5. The number of H-pyrrole nitrogens is 1. The SMILES string of the molecule is Cc1cn([C@@]2([SeH])C[C@H](O)[C@@H](CO)O2)c(=O)[nH]c1=O. The van der Waals surface area contributed by atoms with Crippen LogP contribution in [0.3, 0.4) is 0 Å². The van der Waals surface area contributed by atoms with Gasteiger partial charge in [-0.25, -0.2) is 0 Å². The second-order valence-electron chi connectivity index (χ2n) is 4.29. The molecule has 1 aliphatic rings. The number of aromatic nitrogens is 2. The number of rotatable bonds is 2. The summed E-state index contributed by atoms with van der Waals surface area (Å²) in [6.45, 7) is 1.23. The zero-order valence-electron chi connectivity index (χ0n) is 9.66. The van der Waals surface area contributed by atoms with Crippen molar-refractivity contribution < 1.29 is 14.9 Å². The van der Waals surface area contributed by atoms with Gasteiger partial charge in [-0.3, -0.25) is 0 Å². The van der Waals surface area contributed by atoms with Crippen LogP contribution in [0.25, 0.3) is 0 Å². The van der Waals surface area contributed by atoms with Crippen molar-refractivity contribution in [3.05, 3.63) is 32.6 Å². The van der Waals surface area contributed by atoms with Crippen molar-refractivity contribution in [1.29, 1.82) is 0 Å². The number of aromatic amines is 1. The van der Waals surface area contributed by atoms with E-state index in [9.17, 15) is 14.7 Å². The van der Waals surface area contributed by atoms with Gasteiger partial charge in [-0.05, 0) is 0 Å². The van der Waals surface area contributed by atoms with Gasteiger partial charge in [0.1, 0.15) is 0 Å². The third-order valence-electron chi connectivity index (χ3n) is 2.92. The predicted octanol–water partition coefficient (Wildman–Crippen LogP) is -2.50. The maximum absolute atomic E-state index is 11.8. The summed E-state index contributed by atoms with van der Waals surface area (Å²) >= 11 is 2.16. The van der Waals surface area contributed by atoms with Crippen LogP contribution in [0.1, 0.15) is 12.0 Å². The van der Waals surface area contributed by atoms with Crippen molar-refractivity contribution in [2.75, 3.05) is 6.61 Å². The van der Waals surface area contributed by atoms with Gasteiger partial charge in [-0.15, -0.1) is 0 Å². The molecule has 2 heterocycles. The van der Waals surface area contributed by atoms with Gasteiger partial charge < -0.3 is 0 Å². The maximum atomic E-state index is 11.8. The molecule has 1 aromatic heterocycles. The van der Waals surface area contributed by atoms with Gasteiger partial charge in [0.15, 0.2) is 0 Å². The van der Waals surface area contributed by atoms with E-state index in [1.54, 1.807) is 6.92 Å². The first kappa shape index (κ1) is 13.5. The standard InChI is InChI=1S/C10H14N2O5Se/c1-5-3-12(9(16)11-8(5)15)10(18)2-6(14)7(4-13)17-10/h3,6-7,13-14,18H,2,4H2,1H3,(H,11,15,16)/t6-,7+,10-/m0/s1. The van der Waals surface area contributed by atoms with Crippen LogP contribution in [-0.4, -0.2) is 54.6 Å². The summed E-state index contributed by atoms with van der Waals surface area (Å²) in [5, 5.41) is 18.8. The third-order valence-corrected chi connectivity index (χ3v) is 3.98. The van der Waals surface area contributed by atoms with E-state index in [4.69, 9.17) is 9.84 Å². The molecule has 1 aliphatic heterocycles. The van der Waals surface area contributed by atoms with Gasteiger partial charge in [-0.1, -0.05) is 0 Å². The fraction of sp³-hybridized carbons (Fsp3) is 0.600. The number of nitrogens with zero attached hydrogens (tertiary/aromatic N) is 1. The van der Waals surface area contributed by atoms with Crippen molar-refractivity contribution in [1.82, 2.24) is 9.55 Å². The molecule has 0 spiro atoms. The number of ether oxygens (including phenoxy) is 1. The summed E-state index contributed by atoms with van der Waals surface area (Å²) in [6.07, 6.45) is -0.0836. The summed E-state index contributed by atoms with van der Waals surface area (Å²) < 4.78 is 5.56. The molecule has 0 radical (unpaired) electrons. The molecule has 0 amide bonds. The molecule has 7 nitrogen and oxygen atoms in total. The Morgan fingerprint density at radius 2 is 2.33 bits per heavy atom. The van der Waals surface area contributed by atoms with E-state index in [1.165, 1.54) is 10.8 Å². The van der Waals surface area contributed by atoms with Crippen molar-refractivity contribution in [2.45, 2.75) is 30.2 Å². The van der Waals surface area contributed by atoms with Crippen LogP contribution in [0.5, 0.6) is 0 Å². The number of aryl methyl sites for hydroxylation is 1. The van der Waals surface area contributed by atoms with Crippen LogP contribution < -0.4 is 11.2 Å². The molecular weight excluding hydrogens is 307 g/mol. The number of hydrogen-bond donors (Lipinski definition) is 3. The first-order chi connectivity index (χ1) is 8.37. The minimum absolute atomic E-state index is 0.142. The quantitative estimate of drug-likeness (QED) is 0.522. The summed E-state index contributed by atoms with van der Waals surface area (Å²) in [5.74, 6) is 0. The molecule has 0 saturated carbocycles. The summed E-state index contributed by atoms with van der Waals surface area (Å²) in [7, 11) is 0. The van der Waals surface area contributed by atoms with E-state index in [2.05, 4.69) is 21.0 Å². The van der Waals surface area contributed by atoms with Gasteiger partial charge in [0.25, 0.3) is 0 Å². The van der Waals surface area contributed by atoms with Crippen molar-refractivity contribution >= 4 is 16.0 Å². The molecule has 18 heavy (non-hydrogen) atoms. The topological polar surface area (TPSA) is 105 Å². The molecule has 3 atom stereocenters. The van der Waals surface area contributed by atoms with Gasteiger partial charge in [-0.2, -0.15) is 0 Å². The van der Waals surface area contributed by atoms with Crippen LogP contribution in [0.2, 0.25) is 0 Å². The first-order valence-electron chi connectivity index (χ1n) is 5.39. The molecule has 1 aromatic rings. The van der Waals surface area contributed by atoms with Crippen molar-refractivity contribution in [3.63, 3.8) is 0 Å². The monoisotopic (exact) mass is 322 g/mol. The summed E-state index contributed by atoms with van der Waals surface area (Å²) in [5.41, 5.74) is -0.702. The fourth-order valence-electron chi connectivity index (χ4n) is 1.91. The Morgan fingerprint density at radius 3 is 2.89 bits per heavy atom. The average Bonchev–Trinajstić information content (AvgIpc) is 2.59. The Kier molecular flexibility index (Phi) is 3.48. The molecule has 0 aliphatic carbocycles. The molecule has 2 rings (SSSR count). The Bertz CT molecular complexity index is 568. The van der Waals surface area contributed by atoms with Crippen LogP contribution in [0.15, 0.2) is 15.8 Å². The zero-order valence-corrected chi connectivity index (χ0v) is 11.5. The second kappa shape index (κ2) is 4.64. The van der Waals surface area contributed by atoms with E-state index >= 15 is 0 Å². The molecule has 0 bridgehead atoms. The second-order valence-corrected chi connectivity index (χ2v) is 5.76. The number of nitrogens with one attached hydrogen (secondary N) is 1. The first-order valence-corrected chi connectivity index (χ1v) is 6.33. The third kappa shape index (κ3) is 2.17. The molecule has 1 fully saturated rings. The normalized spacial score (nSPS) is 31.8. The molecule has 100 valence electrons. The number of aliphatic hydroxyl groups is 2. The van der Waals surface area contributed by atoms with Crippen LogP contribution >= 0.6 is 0 Å². The van der Waals surface area contributed by atoms with Crippen molar-refractivity contribution in [3.8, 4) is 0 Å². The fourth-order valence-corrected chi connectivity index (χ4v) is 2.90. The molecule has 1 saturated heterocycles. The zero-order chi connectivity index (χ0) is 13.5. The van der Waals surface area contributed by atoms with E-state index in [1.807, 2.05) is 0 Å². The minimum atomic E-state index is -1.13. The van der Waals surface area contributed by atoms with Gasteiger partial charge >= 0.3 is 110 Å². The summed E-state index contributed by atoms with van der Waals surface area (Å²) in [6, 6.07) is 0. The van der Waals surface area contributed by atoms with Crippen molar-refractivity contribution in [2.24, 2.45) is 0 Å². The van der Waals surface area contributed by atoms with Gasteiger partial charge in [0, 0.05) is 0 Å². The number of aliphatic hydroxyl groups excluding tert-OH is 2. The Morgan fingerprint density at radius 1 is 1.67 bits per heavy atom. The summed E-state index contributed by atoms with van der Waals surface area (Å²) in [4.78, 5) is 25.2. The molecule has 3 N–H and O–H groups in total. The molecule has 0 unspecified atom stereocenters. The van der Waals surface area contributed by atoms with Gasteiger partial charge in [0.05, 0.1) is 0 Å². The van der Waals surface area contributed by atoms with Crippen LogP contribution in [0, 0.1) is 6.92 Å². The van der Waals surface area contributed by atoms with E-state index in [0.717, 1.165) is 0 Å².